The van der Waals surface area contributed by atoms with Crippen molar-refractivity contribution in [1.82, 2.24) is 0 Å². The van der Waals surface area contributed by atoms with Crippen LogP contribution in [0.4, 0.5) is 0 Å². The number of hydrogen-bond donors (Lipinski definition) is 1. The van der Waals surface area contributed by atoms with Crippen LogP contribution in [0.15, 0.2) is 0 Å². The Morgan fingerprint density at radius 2 is 1.40 bits per heavy atom. The van der Waals surface area contributed by atoms with Crippen molar-refractivity contribution >= 4 is 11.0 Å². The van der Waals surface area contributed by atoms with E-state index >= 15 is 0 Å². The van der Waals surface area contributed by atoms with Gasteiger partial charge in [0.15, 0.2) is 0 Å². The molecule has 1 N–H and O–H groups in total. The third kappa shape index (κ3) is 37.1. The minimum Gasteiger partial charge on any atom is -0.439 e. The fraction of sp³-hybridized carbons (Fsp3) is 0. The Balaban J connectivity index is 0. The molecule has 0 saturated heterocycles. The van der Waals surface area contributed by atoms with Crippen molar-refractivity contribution in [3.8, 4) is 0 Å². The molecular formula is HO3STb-. The third-order valence-electron chi connectivity index (χ3n) is 0. The second-order valence-electron chi connectivity index (χ2n) is 0.217. The van der Waals surface area contributed by atoms with Gasteiger partial charge < -0.3 is 13.0 Å². The van der Waals surface area contributed by atoms with Gasteiger partial charge in [-0.3, -0.25) is 0 Å². The first-order chi connectivity index (χ1) is 1.73. The Kier molecular flexibility index (Phi) is 9.87. The molecule has 0 aliphatic heterocycles. The van der Waals surface area contributed by atoms with Crippen molar-refractivity contribution in [2.24, 2.45) is 0 Å². The Morgan fingerprint density at radius 3 is 1.40 bits per heavy atom. The maximum Gasteiger partial charge on any atom is 0.0495 e. The van der Waals surface area contributed by atoms with Crippen LogP contribution >= 0.6 is 0 Å². The van der Waals surface area contributed by atoms with Crippen LogP contribution in [0.3, 0.4) is 0 Å². The van der Waals surface area contributed by atoms with Crippen molar-refractivity contribution in [3.05, 3.63) is 0 Å². The Hall–Kier alpha value is 1.20. The predicted molar refractivity (Wildman–Crippen MR) is 11.4 cm³/mol. The molecule has 3 nitrogen and oxygen atoms in total. The van der Waals surface area contributed by atoms with E-state index in [0.717, 1.165) is 0 Å². The van der Waals surface area contributed by atoms with Gasteiger partial charge in [-0.05, 0) is 0 Å². The Bertz CT molecular complexity index is 55.3. The molecule has 0 rings (SSSR count). The molecule has 5 heteroatoms. The van der Waals surface area contributed by atoms with Gasteiger partial charge in [0.1, 0.15) is 0 Å². The van der Waals surface area contributed by atoms with E-state index in [0.29, 0.717) is 0 Å². The first kappa shape index (κ1) is 9.50. The summed E-state index contributed by atoms with van der Waals surface area (Å²) in [5.41, 5.74) is 0. The molecule has 0 spiro atoms. The first-order valence-corrected chi connectivity index (χ1v) is 1.55. The molecule has 0 aromatic heterocycles. The van der Waals surface area contributed by atoms with Crippen LogP contribution in [0.5, 0.6) is 0 Å². The molecule has 35 valence electrons. The van der Waals surface area contributed by atoms with Crippen molar-refractivity contribution in [3.63, 3.8) is 0 Å². The van der Waals surface area contributed by atoms with Crippen molar-refractivity contribution in [2.45, 2.75) is 0 Å². The molecule has 0 unspecified atom stereocenters. The quantitative estimate of drug-likeness (QED) is 0.361. The van der Waals surface area contributed by atoms with E-state index in [1.165, 1.54) is 0 Å². The molecule has 0 amide bonds. The summed E-state index contributed by atoms with van der Waals surface area (Å²) in [4.78, 5) is 0. The molecule has 1 radical (unpaired) electrons. The molecule has 0 aliphatic carbocycles. The standard InChI is InChI=1S/HO3S.Tb/c1-4(2)3;/h(H,1,2,3);/q-1;. The monoisotopic (exact) mass is 240 g/mol. The van der Waals surface area contributed by atoms with Crippen LogP contribution < -0.4 is 0 Å². The molecule has 0 heterocycles. The first-order valence-electron chi connectivity index (χ1n) is 0.516. The van der Waals surface area contributed by atoms with E-state index in [2.05, 4.69) is 0 Å². The van der Waals surface area contributed by atoms with E-state index < -0.39 is 11.0 Å². The van der Waals surface area contributed by atoms with Crippen LogP contribution in [-0.2, 0) is 19.4 Å². The molecule has 0 saturated carbocycles. The largest absolute Gasteiger partial charge is 0.439 e. The maximum atomic E-state index is 8.56. The predicted octanol–water partition coefficient (Wildman–Crippen LogP) is -0.231. The van der Waals surface area contributed by atoms with E-state index in [1.807, 2.05) is 0 Å². The van der Waals surface area contributed by atoms with Crippen LogP contribution in [0, 0.1) is 38.6 Å². The van der Waals surface area contributed by atoms with E-state index in [9.17, 15) is 0 Å². The molecule has 0 aromatic rings. The van der Waals surface area contributed by atoms with E-state index in [-0.39, 0.29) is 38.6 Å². The normalized spacial score (nSPS) is 6.80. The zero-order chi connectivity index (χ0) is 3.58. The third-order valence-corrected chi connectivity index (χ3v) is 0. The fourth-order valence-electron chi connectivity index (χ4n) is 0. The van der Waals surface area contributed by atoms with Crippen molar-refractivity contribution in [2.75, 3.05) is 0 Å². The summed E-state index contributed by atoms with van der Waals surface area (Å²) in [6.07, 6.45) is 0. The molecule has 0 atom stereocenters. The van der Waals surface area contributed by atoms with Crippen LogP contribution in [0.25, 0.3) is 0 Å². The summed E-state index contributed by atoms with van der Waals surface area (Å²) >= 11 is 0. The van der Waals surface area contributed by atoms with E-state index in [4.69, 9.17) is 13.0 Å². The second-order valence-corrected chi connectivity index (χ2v) is 0.651. The molecule has 0 fully saturated rings. The summed E-state index contributed by atoms with van der Waals surface area (Å²) in [5, 5.41) is 0. The maximum absolute atomic E-state index is 8.56. The average molecular weight is 240 g/mol. The van der Waals surface area contributed by atoms with Gasteiger partial charge in [-0.1, -0.05) is 0 Å². The average Bonchev–Trinajstić information content (AvgIpc) is 0.811. The molecule has 5 heavy (non-hydrogen) atoms. The summed E-state index contributed by atoms with van der Waals surface area (Å²) < 4.78 is 24.1. The molecule has 0 bridgehead atoms. The minimum atomic E-state index is -2.86. The summed E-state index contributed by atoms with van der Waals surface area (Å²) in [7, 11) is -2.86. The molecule has 0 aromatic carbocycles. The van der Waals surface area contributed by atoms with Crippen LogP contribution in [0.2, 0.25) is 0 Å². The van der Waals surface area contributed by atoms with Gasteiger partial charge >= 0.3 is 0 Å². The van der Waals surface area contributed by atoms with Crippen molar-refractivity contribution < 1.29 is 51.6 Å². The van der Waals surface area contributed by atoms with Gasteiger partial charge in [0.05, 0.1) is 0 Å². The zero-order valence-corrected chi connectivity index (χ0v) is 4.96. The van der Waals surface area contributed by atoms with Gasteiger partial charge in [0.25, 0.3) is 0 Å². The number of rotatable bonds is 0. The smallest absolute Gasteiger partial charge is 0.0495 e. The topological polar surface area (TPSA) is 54.4 Å². The SMILES string of the molecule is O=[S-](=O)O.[Tb]. The Morgan fingerprint density at radius 1 is 1.40 bits per heavy atom. The summed E-state index contributed by atoms with van der Waals surface area (Å²) in [6, 6.07) is 0. The molecule has 0 aliphatic rings. The van der Waals surface area contributed by atoms with Crippen LogP contribution in [-0.4, -0.2) is 4.55 Å². The van der Waals surface area contributed by atoms with Gasteiger partial charge in [-0.25, -0.2) is 0 Å². The van der Waals surface area contributed by atoms with Crippen LogP contribution in [0.1, 0.15) is 0 Å². The minimum absolute atomic E-state index is 0. The van der Waals surface area contributed by atoms with Gasteiger partial charge in [-0.2, -0.15) is 0 Å². The summed E-state index contributed by atoms with van der Waals surface area (Å²) in [5.74, 6) is 0. The van der Waals surface area contributed by atoms with Gasteiger partial charge in [0, 0.05) is 49.6 Å². The van der Waals surface area contributed by atoms with Crippen molar-refractivity contribution in [1.29, 1.82) is 0 Å². The van der Waals surface area contributed by atoms with Gasteiger partial charge in [-0.15, -0.1) is 0 Å². The van der Waals surface area contributed by atoms with E-state index in [1.54, 1.807) is 0 Å². The fourth-order valence-corrected chi connectivity index (χ4v) is 0. The van der Waals surface area contributed by atoms with Gasteiger partial charge in [0.2, 0.25) is 0 Å². The number of hydrogen-bond acceptors (Lipinski definition) is 3. The molecular weight excluding hydrogens is 239 g/mol. The zero-order valence-electron chi connectivity index (χ0n) is 2.01. The summed E-state index contributed by atoms with van der Waals surface area (Å²) in [6.45, 7) is 0. The Labute approximate surface area is 62.0 Å². The second kappa shape index (κ2) is 5.20.